The number of carbonyl (C=O) groups excluding carboxylic acids is 2. The quantitative estimate of drug-likeness (QED) is 0.665. The minimum Gasteiger partial charge on any atom is -0.493 e. The molecule has 7 nitrogen and oxygen atoms in total. The Kier molecular flexibility index (Phi) is 8.05. The van der Waals surface area contributed by atoms with E-state index < -0.39 is 5.91 Å². The van der Waals surface area contributed by atoms with E-state index in [2.05, 4.69) is 24.1 Å². The summed E-state index contributed by atoms with van der Waals surface area (Å²) in [6.45, 7) is 5.37. The second kappa shape index (κ2) is 9.77. The monoisotopic (exact) mass is 337 g/mol. The molecule has 0 bridgehead atoms. The van der Waals surface area contributed by atoms with E-state index in [1.165, 1.54) is 7.11 Å². The van der Waals surface area contributed by atoms with Crippen LogP contribution in [0.5, 0.6) is 11.5 Å². The Morgan fingerprint density at radius 3 is 2.62 bits per heavy atom. The second-order valence-electron chi connectivity index (χ2n) is 5.61. The molecule has 1 unspecified atom stereocenters. The normalized spacial score (nSPS) is 11.9. The standard InChI is InChI=1S/C17H27N3O4/c1-5-12(2)20(3)9-8-19-17(22)13-6-7-14(15(10-13)23-4)24-11-16(18)21/h6-7,10,12H,5,8-9,11H2,1-4H3,(H2,18,21)(H,19,22). The fourth-order valence-electron chi connectivity index (χ4n) is 2.06. The molecule has 1 atom stereocenters. The van der Waals surface area contributed by atoms with Crippen LogP contribution in [-0.2, 0) is 4.79 Å². The zero-order valence-corrected chi connectivity index (χ0v) is 14.8. The number of rotatable bonds is 10. The summed E-state index contributed by atoms with van der Waals surface area (Å²) in [4.78, 5) is 25.2. The highest BCUT2D eigenvalue weighted by molar-refractivity contribution is 5.94. The average Bonchev–Trinajstić information content (AvgIpc) is 2.58. The van der Waals surface area contributed by atoms with E-state index in [9.17, 15) is 9.59 Å². The van der Waals surface area contributed by atoms with Gasteiger partial charge in [0, 0.05) is 24.7 Å². The van der Waals surface area contributed by atoms with Crippen molar-refractivity contribution < 1.29 is 19.1 Å². The predicted molar refractivity (Wildman–Crippen MR) is 92.4 cm³/mol. The lowest BCUT2D eigenvalue weighted by Gasteiger charge is -2.23. The number of hydrogen-bond donors (Lipinski definition) is 2. The van der Waals surface area contributed by atoms with E-state index in [1.54, 1.807) is 18.2 Å². The Hall–Kier alpha value is -2.28. The maximum absolute atomic E-state index is 12.2. The highest BCUT2D eigenvalue weighted by Gasteiger charge is 2.12. The van der Waals surface area contributed by atoms with Gasteiger partial charge in [-0.25, -0.2) is 0 Å². The van der Waals surface area contributed by atoms with Crippen LogP contribution >= 0.6 is 0 Å². The number of nitrogens with zero attached hydrogens (tertiary/aromatic N) is 1. The number of amides is 2. The molecule has 134 valence electrons. The van der Waals surface area contributed by atoms with Crippen molar-refractivity contribution in [1.82, 2.24) is 10.2 Å². The minimum atomic E-state index is -0.579. The Morgan fingerprint density at radius 2 is 2.04 bits per heavy atom. The summed E-state index contributed by atoms with van der Waals surface area (Å²) >= 11 is 0. The third-order valence-electron chi connectivity index (χ3n) is 3.89. The molecule has 0 aliphatic heterocycles. The van der Waals surface area contributed by atoms with Gasteiger partial charge >= 0.3 is 0 Å². The molecule has 1 aromatic rings. The van der Waals surface area contributed by atoms with Crippen LogP contribution < -0.4 is 20.5 Å². The van der Waals surface area contributed by atoms with E-state index in [0.717, 1.165) is 13.0 Å². The van der Waals surface area contributed by atoms with E-state index in [1.807, 2.05) is 7.05 Å². The van der Waals surface area contributed by atoms with Crippen molar-refractivity contribution in [3.05, 3.63) is 23.8 Å². The number of primary amides is 1. The molecule has 2 amide bonds. The fourth-order valence-corrected chi connectivity index (χ4v) is 2.06. The molecule has 24 heavy (non-hydrogen) atoms. The third kappa shape index (κ3) is 6.08. The van der Waals surface area contributed by atoms with Crippen LogP contribution in [0.2, 0.25) is 0 Å². The largest absolute Gasteiger partial charge is 0.493 e. The first-order chi connectivity index (χ1) is 11.4. The average molecular weight is 337 g/mol. The molecular weight excluding hydrogens is 310 g/mol. The predicted octanol–water partition coefficient (Wildman–Crippen LogP) is 1.02. The fraction of sp³-hybridized carbons (Fsp3) is 0.529. The zero-order valence-electron chi connectivity index (χ0n) is 14.8. The van der Waals surface area contributed by atoms with Crippen LogP contribution in [-0.4, -0.2) is 56.6 Å². The van der Waals surface area contributed by atoms with E-state index in [0.29, 0.717) is 29.6 Å². The van der Waals surface area contributed by atoms with E-state index >= 15 is 0 Å². The van der Waals surface area contributed by atoms with Crippen molar-refractivity contribution in [2.24, 2.45) is 5.73 Å². The zero-order chi connectivity index (χ0) is 18.1. The lowest BCUT2D eigenvalue weighted by atomic mass is 10.2. The highest BCUT2D eigenvalue weighted by Crippen LogP contribution is 2.27. The van der Waals surface area contributed by atoms with Crippen molar-refractivity contribution in [3.63, 3.8) is 0 Å². The van der Waals surface area contributed by atoms with Gasteiger partial charge in [0.1, 0.15) is 0 Å². The molecule has 1 rings (SSSR count). The highest BCUT2D eigenvalue weighted by atomic mass is 16.5. The molecule has 0 radical (unpaired) electrons. The molecule has 0 aromatic heterocycles. The topological polar surface area (TPSA) is 93.9 Å². The van der Waals surface area contributed by atoms with Crippen molar-refractivity contribution in [2.45, 2.75) is 26.3 Å². The molecule has 3 N–H and O–H groups in total. The van der Waals surface area contributed by atoms with Crippen LogP contribution in [0.15, 0.2) is 18.2 Å². The number of hydrogen-bond acceptors (Lipinski definition) is 5. The second-order valence-corrected chi connectivity index (χ2v) is 5.61. The molecule has 0 fully saturated rings. The van der Waals surface area contributed by atoms with Gasteiger partial charge in [0.2, 0.25) is 0 Å². The van der Waals surface area contributed by atoms with Gasteiger partial charge in [0.05, 0.1) is 7.11 Å². The molecule has 0 saturated carbocycles. The molecule has 0 spiro atoms. The summed E-state index contributed by atoms with van der Waals surface area (Å²) in [5, 5.41) is 2.88. The molecule has 0 aliphatic carbocycles. The summed E-state index contributed by atoms with van der Waals surface area (Å²) in [7, 11) is 3.50. The first-order valence-electron chi connectivity index (χ1n) is 7.96. The Bertz CT molecular complexity index is 563. The molecule has 0 heterocycles. The first kappa shape index (κ1) is 19.8. The molecule has 1 aromatic carbocycles. The number of carbonyl (C=O) groups is 2. The number of methoxy groups -OCH3 is 1. The first-order valence-corrected chi connectivity index (χ1v) is 7.96. The van der Waals surface area contributed by atoms with Crippen LogP contribution in [0.4, 0.5) is 0 Å². The number of benzene rings is 1. The number of nitrogens with two attached hydrogens (primary N) is 1. The van der Waals surface area contributed by atoms with E-state index in [4.69, 9.17) is 15.2 Å². The van der Waals surface area contributed by atoms with Gasteiger partial charge in [-0.1, -0.05) is 6.92 Å². The van der Waals surface area contributed by atoms with Gasteiger partial charge < -0.3 is 25.4 Å². The SMILES string of the molecule is CCC(C)N(C)CCNC(=O)c1ccc(OCC(N)=O)c(OC)c1. The van der Waals surface area contributed by atoms with Gasteiger partial charge in [-0.2, -0.15) is 0 Å². The Labute approximate surface area is 143 Å². The van der Waals surface area contributed by atoms with Gasteiger partial charge in [-0.05, 0) is 38.6 Å². The summed E-state index contributed by atoms with van der Waals surface area (Å²) in [6, 6.07) is 5.25. The van der Waals surface area contributed by atoms with Gasteiger partial charge in [0.25, 0.3) is 11.8 Å². The van der Waals surface area contributed by atoms with Crippen LogP contribution in [0.25, 0.3) is 0 Å². The maximum atomic E-state index is 12.2. The number of likely N-dealkylation sites (N-methyl/N-ethyl adjacent to an activating group) is 1. The lowest BCUT2D eigenvalue weighted by molar-refractivity contribution is -0.119. The Morgan fingerprint density at radius 1 is 1.33 bits per heavy atom. The lowest BCUT2D eigenvalue weighted by Crippen LogP contribution is -2.37. The molecule has 7 heteroatoms. The van der Waals surface area contributed by atoms with Crippen LogP contribution in [0.3, 0.4) is 0 Å². The molecule has 0 saturated heterocycles. The van der Waals surface area contributed by atoms with E-state index in [-0.39, 0.29) is 12.5 Å². The van der Waals surface area contributed by atoms with Crippen LogP contribution in [0, 0.1) is 0 Å². The van der Waals surface area contributed by atoms with Crippen molar-refractivity contribution in [2.75, 3.05) is 33.9 Å². The molecular formula is C17H27N3O4. The van der Waals surface area contributed by atoms with Crippen molar-refractivity contribution in [3.8, 4) is 11.5 Å². The number of nitrogens with one attached hydrogen (secondary N) is 1. The third-order valence-corrected chi connectivity index (χ3v) is 3.89. The van der Waals surface area contributed by atoms with Crippen molar-refractivity contribution >= 4 is 11.8 Å². The van der Waals surface area contributed by atoms with Crippen LogP contribution in [0.1, 0.15) is 30.6 Å². The molecule has 0 aliphatic rings. The smallest absolute Gasteiger partial charge is 0.255 e. The van der Waals surface area contributed by atoms with Gasteiger partial charge in [-0.3, -0.25) is 9.59 Å². The van der Waals surface area contributed by atoms with Gasteiger partial charge in [-0.15, -0.1) is 0 Å². The Balaban J connectivity index is 2.62. The minimum absolute atomic E-state index is 0.188. The summed E-state index contributed by atoms with van der Waals surface area (Å²) in [5.74, 6) is -0.0263. The van der Waals surface area contributed by atoms with Crippen molar-refractivity contribution in [1.29, 1.82) is 0 Å². The summed E-state index contributed by atoms with van der Waals surface area (Å²) in [5.41, 5.74) is 5.51. The maximum Gasteiger partial charge on any atom is 0.255 e. The van der Waals surface area contributed by atoms with Gasteiger partial charge in [0.15, 0.2) is 18.1 Å². The number of ether oxygens (including phenoxy) is 2. The summed E-state index contributed by atoms with van der Waals surface area (Å²) in [6.07, 6.45) is 1.06. The summed E-state index contributed by atoms with van der Waals surface area (Å²) < 4.78 is 10.4.